The third kappa shape index (κ3) is 2.81. The van der Waals surface area contributed by atoms with Gasteiger partial charge >= 0.3 is 0 Å². The standard InChI is InChI=1S/C7H9ClN2OS/c8-6-2-1-5(12-6)4-10-7(11)3-9/h1-2H,3-4,9H2,(H,10,11). The number of thiophene rings is 1. The molecule has 1 heterocycles. The third-order valence-corrected chi connectivity index (χ3v) is 2.51. The Morgan fingerprint density at radius 2 is 2.42 bits per heavy atom. The molecule has 1 amide bonds. The van der Waals surface area contributed by atoms with Gasteiger partial charge in [-0.2, -0.15) is 0 Å². The van der Waals surface area contributed by atoms with Crippen LogP contribution >= 0.6 is 22.9 Å². The van der Waals surface area contributed by atoms with Gasteiger partial charge in [-0.15, -0.1) is 11.3 Å². The van der Waals surface area contributed by atoms with Crippen molar-refractivity contribution >= 4 is 28.8 Å². The summed E-state index contributed by atoms with van der Waals surface area (Å²) in [6, 6.07) is 3.68. The van der Waals surface area contributed by atoms with Crippen LogP contribution < -0.4 is 11.1 Å². The van der Waals surface area contributed by atoms with Gasteiger partial charge in [0.05, 0.1) is 17.4 Å². The van der Waals surface area contributed by atoms with E-state index >= 15 is 0 Å². The van der Waals surface area contributed by atoms with E-state index in [9.17, 15) is 4.79 Å². The summed E-state index contributed by atoms with van der Waals surface area (Å²) in [5.41, 5.74) is 5.11. The summed E-state index contributed by atoms with van der Waals surface area (Å²) in [6.45, 7) is 0.534. The van der Waals surface area contributed by atoms with Gasteiger partial charge in [0.15, 0.2) is 0 Å². The average Bonchev–Trinajstić information content (AvgIpc) is 2.47. The highest BCUT2D eigenvalue weighted by atomic mass is 35.5. The molecule has 0 saturated carbocycles. The van der Waals surface area contributed by atoms with Crippen LogP contribution in [0.1, 0.15) is 4.88 Å². The van der Waals surface area contributed by atoms with Crippen molar-refractivity contribution in [2.45, 2.75) is 6.54 Å². The van der Waals surface area contributed by atoms with Gasteiger partial charge in [0.2, 0.25) is 5.91 Å². The highest BCUT2D eigenvalue weighted by Gasteiger charge is 1.99. The summed E-state index contributed by atoms with van der Waals surface area (Å²) in [5, 5.41) is 2.65. The molecule has 0 aliphatic heterocycles. The Morgan fingerprint density at radius 1 is 1.67 bits per heavy atom. The molecule has 1 rings (SSSR count). The molecular formula is C7H9ClN2OS. The van der Waals surface area contributed by atoms with Crippen molar-refractivity contribution in [2.75, 3.05) is 6.54 Å². The molecule has 0 saturated heterocycles. The van der Waals surface area contributed by atoms with Gasteiger partial charge in [-0.3, -0.25) is 4.79 Å². The van der Waals surface area contributed by atoms with E-state index in [1.165, 1.54) is 11.3 Å². The molecule has 0 radical (unpaired) electrons. The zero-order valence-corrected chi connectivity index (χ0v) is 7.91. The highest BCUT2D eigenvalue weighted by molar-refractivity contribution is 7.16. The van der Waals surface area contributed by atoms with Crippen molar-refractivity contribution in [3.05, 3.63) is 21.3 Å². The molecule has 0 unspecified atom stereocenters. The minimum absolute atomic E-state index is 0.0269. The van der Waals surface area contributed by atoms with Crippen molar-refractivity contribution in [3.63, 3.8) is 0 Å². The SMILES string of the molecule is NCC(=O)NCc1ccc(Cl)s1. The maximum atomic E-state index is 10.7. The fourth-order valence-electron chi connectivity index (χ4n) is 0.705. The number of hydrogen-bond acceptors (Lipinski definition) is 3. The molecule has 0 aliphatic rings. The van der Waals surface area contributed by atoms with Crippen LogP contribution in [0.5, 0.6) is 0 Å². The Labute approximate surface area is 79.5 Å². The van der Waals surface area contributed by atoms with E-state index in [0.29, 0.717) is 6.54 Å². The predicted octanol–water partition coefficient (Wildman–Crippen LogP) is 0.976. The summed E-state index contributed by atoms with van der Waals surface area (Å²) in [7, 11) is 0. The first kappa shape index (κ1) is 9.51. The number of rotatable bonds is 3. The maximum Gasteiger partial charge on any atom is 0.234 e. The summed E-state index contributed by atoms with van der Waals surface area (Å²) in [4.78, 5) is 11.8. The zero-order chi connectivity index (χ0) is 8.97. The highest BCUT2D eigenvalue weighted by Crippen LogP contribution is 2.20. The second-order valence-electron chi connectivity index (χ2n) is 2.19. The monoisotopic (exact) mass is 204 g/mol. The number of carbonyl (C=O) groups is 1. The van der Waals surface area contributed by atoms with Crippen molar-refractivity contribution in [1.82, 2.24) is 5.32 Å². The molecule has 0 bridgehead atoms. The number of halogens is 1. The van der Waals surface area contributed by atoms with Crippen LogP contribution in [0.2, 0.25) is 4.34 Å². The van der Waals surface area contributed by atoms with E-state index in [-0.39, 0.29) is 12.5 Å². The number of nitrogens with two attached hydrogens (primary N) is 1. The summed E-state index contributed by atoms with van der Waals surface area (Å²) < 4.78 is 0.729. The smallest absolute Gasteiger partial charge is 0.234 e. The largest absolute Gasteiger partial charge is 0.350 e. The molecule has 0 aliphatic carbocycles. The van der Waals surface area contributed by atoms with Crippen molar-refractivity contribution in [3.8, 4) is 0 Å². The Kier molecular flexibility index (Phi) is 3.52. The van der Waals surface area contributed by atoms with E-state index < -0.39 is 0 Å². The van der Waals surface area contributed by atoms with Gasteiger partial charge in [-0.1, -0.05) is 11.6 Å². The molecule has 0 spiro atoms. The molecule has 3 nitrogen and oxygen atoms in total. The Bertz CT molecular complexity index is 274. The lowest BCUT2D eigenvalue weighted by atomic mass is 10.4. The first-order valence-corrected chi connectivity index (χ1v) is 4.63. The quantitative estimate of drug-likeness (QED) is 0.771. The molecule has 1 aromatic heterocycles. The third-order valence-electron chi connectivity index (χ3n) is 1.27. The van der Waals surface area contributed by atoms with E-state index in [4.69, 9.17) is 17.3 Å². The molecule has 1 aromatic rings. The van der Waals surface area contributed by atoms with Crippen LogP contribution in [-0.4, -0.2) is 12.5 Å². The molecule has 12 heavy (non-hydrogen) atoms. The van der Waals surface area contributed by atoms with Crippen molar-refractivity contribution in [1.29, 1.82) is 0 Å². The minimum atomic E-state index is -0.153. The molecule has 3 N–H and O–H groups in total. The van der Waals surface area contributed by atoms with E-state index in [0.717, 1.165) is 9.21 Å². The molecule has 0 atom stereocenters. The van der Waals surface area contributed by atoms with Gasteiger partial charge < -0.3 is 11.1 Å². The lowest BCUT2D eigenvalue weighted by Crippen LogP contribution is -2.29. The van der Waals surface area contributed by atoms with Crippen LogP contribution in [0.4, 0.5) is 0 Å². The fraction of sp³-hybridized carbons (Fsp3) is 0.286. The lowest BCUT2D eigenvalue weighted by molar-refractivity contribution is -0.119. The van der Waals surface area contributed by atoms with Crippen LogP contribution in [0, 0.1) is 0 Å². The number of amides is 1. The van der Waals surface area contributed by atoms with Gasteiger partial charge in [0.25, 0.3) is 0 Å². The molecule has 0 aromatic carbocycles. The molecule has 0 fully saturated rings. The van der Waals surface area contributed by atoms with Gasteiger partial charge in [0.1, 0.15) is 0 Å². The van der Waals surface area contributed by atoms with E-state index in [2.05, 4.69) is 5.32 Å². The topological polar surface area (TPSA) is 55.1 Å². The Hall–Kier alpha value is -0.580. The van der Waals surface area contributed by atoms with Gasteiger partial charge in [0, 0.05) is 4.88 Å². The lowest BCUT2D eigenvalue weighted by Gasteiger charge is -1.99. The van der Waals surface area contributed by atoms with Crippen LogP contribution in [0.25, 0.3) is 0 Å². The predicted molar refractivity (Wildman–Crippen MR) is 50.2 cm³/mol. The van der Waals surface area contributed by atoms with Crippen LogP contribution in [0.3, 0.4) is 0 Å². The van der Waals surface area contributed by atoms with Crippen LogP contribution in [-0.2, 0) is 11.3 Å². The second-order valence-corrected chi connectivity index (χ2v) is 3.99. The van der Waals surface area contributed by atoms with Crippen LogP contribution in [0.15, 0.2) is 12.1 Å². The normalized spacial score (nSPS) is 9.83. The first-order chi connectivity index (χ1) is 5.72. The summed E-state index contributed by atoms with van der Waals surface area (Å²) >= 11 is 7.14. The Morgan fingerprint density at radius 3 is 2.92 bits per heavy atom. The van der Waals surface area contributed by atoms with Gasteiger partial charge in [-0.05, 0) is 12.1 Å². The fourth-order valence-corrected chi connectivity index (χ4v) is 1.73. The van der Waals surface area contributed by atoms with Gasteiger partial charge in [-0.25, -0.2) is 0 Å². The van der Waals surface area contributed by atoms with Crippen molar-refractivity contribution in [2.24, 2.45) is 5.73 Å². The molecular weight excluding hydrogens is 196 g/mol. The second kappa shape index (κ2) is 4.45. The number of hydrogen-bond donors (Lipinski definition) is 2. The first-order valence-electron chi connectivity index (χ1n) is 3.43. The summed E-state index contributed by atoms with van der Waals surface area (Å²) in [5.74, 6) is -0.153. The molecule has 66 valence electrons. The maximum absolute atomic E-state index is 10.7. The zero-order valence-electron chi connectivity index (χ0n) is 6.34. The van der Waals surface area contributed by atoms with E-state index in [1.807, 2.05) is 6.07 Å². The van der Waals surface area contributed by atoms with E-state index in [1.54, 1.807) is 6.07 Å². The van der Waals surface area contributed by atoms with Crippen molar-refractivity contribution < 1.29 is 4.79 Å². The molecule has 5 heteroatoms. The summed E-state index contributed by atoms with van der Waals surface area (Å²) in [6.07, 6.45) is 0. The Balaban J connectivity index is 2.38. The number of carbonyl (C=O) groups excluding carboxylic acids is 1. The average molecular weight is 205 g/mol. The minimum Gasteiger partial charge on any atom is -0.350 e. The number of nitrogens with one attached hydrogen (secondary N) is 1.